The van der Waals surface area contributed by atoms with Crippen molar-refractivity contribution in [1.82, 2.24) is 14.9 Å². The molecule has 1 saturated heterocycles. The zero-order valence-corrected chi connectivity index (χ0v) is 15.8. The molecule has 0 unspecified atom stereocenters. The molecule has 3 heterocycles. The number of amides is 2. The van der Waals surface area contributed by atoms with Crippen LogP contribution in [-0.2, 0) is 0 Å². The van der Waals surface area contributed by atoms with Gasteiger partial charge in [0.1, 0.15) is 22.0 Å². The van der Waals surface area contributed by atoms with Crippen LogP contribution in [0.1, 0.15) is 0 Å². The normalized spacial score (nSPS) is 14.4. The third-order valence-corrected chi connectivity index (χ3v) is 5.26. The van der Waals surface area contributed by atoms with Gasteiger partial charge in [0.05, 0.1) is 7.11 Å². The molecule has 28 heavy (non-hydrogen) atoms. The molecule has 1 aliphatic heterocycles. The predicted octanol–water partition coefficient (Wildman–Crippen LogP) is 3.33. The second-order valence-corrected chi connectivity index (χ2v) is 7.12. The molecule has 1 N–H and O–H groups in total. The molecule has 0 spiro atoms. The standard InChI is InChI=1S/C18H17F2N5O2S/c1-27-16-15(22-17-14(21-16)2-7-28-17)23-18(26)25-5-3-24(4-6-25)13-9-11(19)8-12(20)10-13/h2,7-10H,3-6H2,1H3,(H,22,23,26). The van der Waals surface area contributed by atoms with E-state index in [1.165, 1.54) is 30.6 Å². The van der Waals surface area contributed by atoms with Gasteiger partial charge in [0.15, 0.2) is 5.82 Å². The molecule has 1 fully saturated rings. The zero-order valence-electron chi connectivity index (χ0n) is 15.0. The highest BCUT2D eigenvalue weighted by atomic mass is 32.1. The van der Waals surface area contributed by atoms with E-state index >= 15 is 0 Å². The lowest BCUT2D eigenvalue weighted by Crippen LogP contribution is -2.50. The van der Waals surface area contributed by atoms with Gasteiger partial charge in [-0.05, 0) is 23.6 Å². The van der Waals surface area contributed by atoms with Crippen molar-refractivity contribution in [2.24, 2.45) is 0 Å². The first-order valence-electron chi connectivity index (χ1n) is 8.59. The first-order chi connectivity index (χ1) is 13.5. The summed E-state index contributed by atoms with van der Waals surface area (Å²) in [5.74, 6) is -0.736. The highest BCUT2D eigenvalue weighted by molar-refractivity contribution is 7.16. The van der Waals surface area contributed by atoms with Crippen LogP contribution >= 0.6 is 11.3 Å². The number of urea groups is 1. The molecule has 3 aromatic rings. The Bertz CT molecular complexity index is 1000. The average molecular weight is 405 g/mol. The van der Waals surface area contributed by atoms with Crippen molar-refractivity contribution >= 4 is 39.2 Å². The van der Waals surface area contributed by atoms with Gasteiger partial charge in [-0.2, -0.15) is 0 Å². The monoisotopic (exact) mass is 405 g/mol. The van der Waals surface area contributed by atoms with Crippen molar-refractivity contribution in [3.8, 4) is 5.88 Å². The van der Waals surface area contributed by atoms with Crippen molar-refractivity contribution in [2.75, 3.05) is 43.5 Å². The molecule has 10 heteroatoms. The number of nitrogens with zero attached hydrogens (tertiary/aromatic N) is 4. The van der Waals surface area contributed by atoms with E-state index in [9.17, 15) is 13.6 Å². The lowest BCUT2D eigenvalue weighted by Gasteiger charge is -2.36. The summed E-state index contributed by atoms with van der Waals surface area (Å²) in [6.45, 7) is 1.73. The number of benzene rings is 1. The fourth-order valence-electron chi connectivity index (χ4n) is 3.07. The number of piperazine rings is 1. The second kappa shape index (κ2) is 7.55. The Morgan fingerprint density at radius 1 is 1.14 bits per heavy atom. The van der Waals surface area contributed by atoms with Gasteiger partial charge in [-0.15, -0.1) is 11.3 Å². The summed E-state index contributed by atoms with van der Waals surface area (Å²) in [4.78, 5) is 25.5. The Morgan fingerprint density at radius 2 is 1.86 bits per heavy atom. The van der Waals surface area contributed by atoms with Crippen molar-refractivity contribution in [3.63, 3.8) is 0 Å². The molecule has 2 aromatic heterocycles. The predicted molar refractivity (Wildman–Crippen MR) is 103 cm³/mol. The van der Waals surface area contributed by atoms with Crippen LogP contribution in [0.15, 0.2) is 29.6 Å². The minimum Gasteiger partial charge on any atom is -0.478 e. The van der Waals surface area contributed by atoms with Gasteiger partial charge in [0.2, 0.25) is 0 Å². The molecule has 1 aliphatic rings. The molecule has 1 aromatic carbocycles. The number of aromatic nitrogens is 2. The molecule has 146 valence electrons. The summed E-state index contributed by atoms with van der Waals surface area (Å²) in [6, 6.07) is 4.92. The number of hydrogen-bond donors (Lipinski definition) is 1. The molecular formula is C18H17F2N5O2S. The summed E-state index contributed by atoms with van der Waals surface area (Å²) < 4.78 is 32.1. The maximum absolute atomic E-state index is 13.4. The van der Waals surface area contributed by atoms with Crippen LogP contribution in [0.25, 0.3) is 10.3 Å². The van der Waals surface area contributed by atoms with Gasteiger partial charge in [0, 0.05) is 37.9 Å². The number of carbonyl (C=O) groups excluding carboxylic acids is 1. The Kier molecular flexibility index (Phi) is 4.95. The highest BCUT2D eigenvalue weighted by Gasteiger charge is 2.23. The quantitative estimate of drug-likeness (QED) is 0.724. The molecule has 7 nitrogen and oxygen atoms in total. The van der Waals surface area contributed by atoms with Gasteiger partial charge in [0.25, 0.3) is 5.88 Å². The van der Waals surface area contributed by atoms with Gasteiger partial charge in [-0.25, -0.2) is 23.5 Å². The summed E-state index contributed by atoms with van der Waals surface area (Å²) >= 11 is 1.42. The molecule has 0 saturated carbocycles. The summed E-state index contributed by atoms with van der Waals surface area (Å²) in [7, 11) is 1.47. The average Bonchev–Trinajstić information content (AvgIpc) is 3.14. The Balaban J connectivity index is 1.43. The van der Waals surface area contributed by atoms with E-state index < -0.39 is 11.6 Å². The van der Waals surface area contributed by atoms with Crippen LogP contribution < -0.4 is 15.0 Å². The van der Waals surface area contributed by atoms with Crippen molar-refractivity contribution in [3.05, 3.63) is 41.3 Å². The van der Waals surface area contributed by atoms with Gasteiger partial charge < -0.3 is 14.5 Å². The maximum Gasteiger partial charge on any atom is 0.323 e. The SMILES string of the molecule is COc1nc2ccsc2nc1NC(=O)N1CCN(c2cc(F)cc(F)c2)CC1. The number of methoxy groups -OCH3 is 1. The first kappa shape index (κ1) is 18.4. The number of fused-ring (bicyclic) bond motifs is 1. The highest BCUT2D eigenvalue weighted by Crippen LogP contribution is 2.26. The van der Waals surface area contributed by atoms with Gasteiger partial charge in [-0.1, -0.05) is 0 Å². The maximum atomic E-state index is 13.4. The van der Waals surface area contributed by atoms with Crippen molar-refractivity contribution in [2.45, 2.75) is 0 Å². The number of anilines is 2. The molecule has 0 aliphatic carbocycles. The lowest BCUT2D eigenvalue weighted by molar-refractivity contribution is 0.208. The van der Waals surface area contributed by atoms with Crippen LogP contribution in [-0.4, -0.2) is 54.2 Å². The Morgan fingerprint density at radius 3 is 2.54 bits per heavy atom. The molecular weight excluding hydrogens is 388 g/mol. The fourth-order valence-corrected chi connectivity index (χ4v) is 3.77. The van der Waals surface area contributed by atoms with Crippen LogP contribution in [0.3, 0.4) is 0 Å². The van der Waals surface area contributed by atoms with E-state index in [1.807, 2.05) is 16.3 Å². The number of nitrogens with one attached hydrogen (secondary N) is 1. The number of rotatable bonds is 3. The lowest BCUT2D eigenvalue weighted by atomic mass is 10.2. The van der Waals surface area contributed by atoms with E-state index in [-0.39, 0.29) is 17.7 Å². The minimum absolute atomic E-state index is 0.244. The van der Waals surface area contributed by atoms with Crippen LogP contribution in [0.2, 0.25) is 0 Å². The molecule has 4 rings (SSSR count). The van der Waals surface area contributed by atoms with E-state index in [0.29, 0.717) is 42.2 Å². The van der Waals surface area contributed by atoms with Gasteiger partial charge >= 0.3 is 6.03 Å². The van der Waals surface area contributed by atoms with Crippen LogP contribution in [0, 0.1) is 11.6 Å². The summed E-state index contributed by atoms with van der Waals surface area (Å²) in [6.07, 6.45) is 0. The Hall–Kier alpha value is -3.01. The van der Waals surface area contributed by atoms with Gasteiger partial charge in [-0.3, -0.25) is 5.32 Å². The number of halogens is 2. The van der Waals surface area contributed by atoms with E-state index in [0.717, 1.165) is 6.07 Å². The fraction of sp³-hybridized carbons (Fsp3) is 0.278. The Labute approximate surface area is 163 Å². The topological polar surface area (TPSA) is 70.6 Å². The number of ether oxygens (including phenoxy) is 1. The smallest absolute Gasteiger partial charge is 0.323 e. The second-order valence-electron chi connectivity index (χ2n) is 6.22. The van der Waals surface area contributed by atoms with E-state index in [4.69, 9.17) is 4.74 Å². The number of hydrogen-bond acceptors (Lipinski definition) is 6. The first-order valence-corrected chi connectivity index (χ1v) is 9.47. The summed E-state index contributed by atoms with van der Waals surface area (Å²) in [5.41, 5.74) is 1.17. The summed E-state index contributed by atoms with van der Waals surface area (Å²) in [5, 5.41) is 4.61. The van der Waals surface area contributed by atoms with Crippen LogP contribution in [0.4, 0.5) is 25.1 Å². The van der Waals surface area contributed by atoms with Crippen molar-refractivity contribution in [1.29, 1.82) is 0 Å². The minimum atomic E-state index is -0.621. The largest absolute Gasteiger partial charge is 0.478 e. The number of thiophene rings is 1. The van der Waals surface area contributed by atoms with E-state index in [1.54, 1.807) is 4.90 Å². The van der Waals surface area contributed by atoms with Crippen molar-refractivity contribution < 1.29 is 18.3 Å². The third kappa shape index (κ3) is 3.68. The van der Waals surface area contributed by atoms with Crippen LogP contribution in [0.5, 0.6) is 5.88 Å². The third-order valence-electron chi connectivity index (χ3n) is 4.46. The number of carbonyl (C=O) groups is 1. The molecule has 0 bridgehead atoms. The molecule has 0 radical (unpaired) electrons. The molecule has 2 amide bonds. The molecule has 0 atom stereocenters. The van der Waals surface area contributed by atoms with E-state index in [2.05, 4.69) is 15.3 Å². The zero-order chi connectivity index (χ0) is 19.7.